The van der Waals surface area contributed by atoms with E-state index in [9.17, 15) is 0 Å². The Bertz CT molecular complexity index is 740. The summed E-state index contributed by atoms with van der Waals surface area (Å²) < 4.78 is 8.63. The number of fused-ring (bicyclic) bond motifs is 1. The second-order valence-corrected chi connectivity index (χ2v) is 5.95. The SMILES string of the molecule is ClCCCOc1ccc(-c2cn3cc(Br)ccc3n2)cc1. The van der Waals surface area contributed by atoms with Crippen molar-refractivity contribution in [1.82, 2.24) is 9.38 Å². The summed E-state index contributed by atoms with van der Waals surface area (Å²) in [5.74, 6) is 1.48. The molecule has 0 spiro atoms. The molecular weight excluding hydrogens is 352 g/mol. The minimum Gasteiger partial charge on any atom is -0.494 e. The van der Waals surface area contributed by atoms with Crippen molar-refractivity contribution < 1.29 is 4.74 Å². The summed E-state index contributed by atoms with van der Waals surface area (Å²) in [5.41, 5.74) is 2.94. The predicted molar refractivity (Wildman–Crippen MR) is 89.2 cm³/mol. The molecule has 5 heteroatoms. The molecule has 0 atom stereocenters. The Labute approximate surface area is 136 Å². The van der Waals surface area contributed by atoms with Crippen molar-refractivity contribution in [1.29, 1.82) is 0 Å². The van der Waals surface area contributed by atoms with E-state index in [1.54, 1.807) is 0 Å². The van der Waals surface area contributed by atoms with E-state index in [4.69, 9.17) is 16.3 Å². The van der Waals surface area contributed by atoms with Crippen LogP contribution < -0.4 is 4.74 Å². The predicted octanol–water partition coefficient (Wildman–Crippen LogP) is 4.77. The number of benzene rings is 1. The van der Waals surface area contributed by atoms with Gasteiger partial charge in [0.25, 0.3) is 0 Å². The monoisotopic (exact) mass is 364 g/mol. The van der Waals surface area contributed by atoms with Crippen LogP contribution in [0, 0.1) is 0 Å². The second kappa shape index (κ2) is 6.50. The molecule has 0 aliphatic carbocycles. The van der Waals surface area contributed by atoms with Crippen LogP contribution in [0.4, 0.5) is 0 Å². The van der Waals surface area contributed by atoms with Crippen LogP contribution in [0.2, 0.25) is 0 Å². The third kappa shape index (κ3) is 3.39. The number of hydrogen-bond donors (Lipinski definition) is 0. The van der Waals surface area contributed by atoms with Crippen molar-refractivity contribution in [2.45, 2.75) is 6.42 Å². The highest BCUT2D eigenvalue weighted by Crippen LogP contribution is 2.23. The molecule has 3 rings (SSSR count). The number of halogens is 2. The lowest BCUT2D eigenvalue weighted by Crippen LogP contribution is -1.97. The zero-order valence-corrected chi connectivity index (χ0v) is 13.6. The molecule has 3 nitrogen and oxygen atoms in total. The number of hydrogen-bond acceptors (Lipinski definition) is 2. The van der Waals surface area contributed by atoms with Crippen LogP contribution in [-0.2, 0) is 0 Å². The van der Waals surface area contributed by atoms with Crippen LogP contribution in [-0.4, -0.2) is 21.9 Å². The Kier molecular flexibility index (Phi) is 4.46. The molecule has 0 bridgehead atoms. The zero-order valence-electron chi connectivity index (χ0n) is 11.3. The van der Waals surface area contributed by atoms with Gasteiger partial charge in [0.05, 0.1) is 12.3 Å². The lowest BCUT2D eigenvalue weighted by molar-refractivity contribution is 0.318. The first kappa shape index (κ1) is 14.4. The maximum atomic E-state index is 5.63. The van der Waals surface area contributed by atoms with Gasteiger partial charge < -0.3 is 9.14 Å². The van der Waals surface area contributed by atoms with Gasteiger partial charge in [0.15, 0.2) is 0 Å². The summed E-state index contributed by atoms with van der Waals surface area (Å²) in [5, 5.41) is 0. The maximum absolute atomic E-state index is 5.63. The summed E-state index contributed by atoms with van der Waals surface area (Å²) in [6, 6.07) is 11.9. The first-order valence-corrected chi connectivity index (χ1v) is 8.02. The average molecular weight is 366 g/mol. The van der Waals surface area contributed by atoms with Gasteiger partial charge in [-0.05, 0) is 58.7 Å². The minimum atomic E-state index is 0.620. The van der Waals surface area contributed by atoms with Gasteiger partial charge in [-0.1, -0.05) is 0 Å². The van der Waals surface area contributed by atoms with Gasteiger partial charge >= 0.3 is 0 Å². The molecule has 1 aromatic carbocycles. The molecule has 21 heavy (non-hydrogen) atoms. The molecule has 0 unspecified atom stereocenters. The van der Waals surface area contributed by atoms with Crippen LogP contribution in [0.1, 0.15) is 6.42 Å². The third-order valence-electron chi connectivity index (χ3n) is 3.11. The van der Waals surface area contributed by atoms with Gasteiger partial charge in [-0.3, -0.25) is 0 Å². The van der Waals surface area contributed by atoms with Gasteiger partial charge in [-0.2, -0.15) is 0 Å². The van der Waals surface area contributed by atoms with Crippen molar-refractivity contribution in [3.05, 3.63) is 53.3 Å². The van der Waals surface area contributed by atoms with Crippen molar-refractivity contribution in [3.8, 4) is 17.0 Å². The topological polar surface area (TPSA) is 26.5 Å². The Morgan fingerprint density at radius 3 is 2.67 bits per heavy atom. The lowest BCUT2D eigenvalue weighted by Gasteiger charge is -2.05. The lowest BCUT2D eigenvalue weighted by atomic mass is 10.2. The van der Waals surface area contributed by atoms with Gasteiger partial charge in [0.1, 0.15) is 11.4 Å². The van der Waals surface area contributed by atoms with E-state index < -0.39 is 0 Å². The standard InChI is InChI=1S/C16H14BrClN2O/c17-13-4-7-16-19-15(11-20(16)10-13)12-2-5-14(6-3-12)21-9-1-8-18/h2-7,10-11H,1,8-9H2. The molecule has 0 aliphatic heterocycles. The molecule has 0 saturated carbocycles. The maximum Gasteiger partial charge on any atom is 0.137 e. The van der Waals surface area contributed by atoms with Crippen molar-refractivity contribution in [3.63, 3.8) is 0 Å². The van der Waals surface area contributed by atoms with Crippen molar-refractivity contribution >= 4 is 33.2 Å². The number of ether oxygens (including phenoxy) is 1. The van der Waals surface area contributed by atoms with Gasteiger partial charge in [0, 0.05) is 28.3 Å². The van der Waals surface area contributed by atoms with Crippen LogP contribution in [0.5, 0.6) is 5.75 Å². The van der Waals surface area contributed by atoms with E-state index in [1.165, 1.54) is 0 Å². The van der Waals surface area contributed by atoms with Gasteiger partial charge in [0.2, 0.25) is 0 Å². The first-order chi connectivity index (χ1) is 10.3. The number of imidazole rings is 1. The molecule has 2 aromatic heterocycles. The highest BCUT2D eigenvalue weighted by atomic mass is 79.9. The summed E-state index contributed by atoms with van der Waals surface area (Å²) in [6.45, 7) is 0.644. The van der Waals surface area contributed by atoms with Crippen LogP contribution in [0.3, 0.4) is 0 Å². The Hall–Kier alpha value is -1.52. The fraction of sp³-hybridized carbons (Fsp3) is 0.188. The Morgan fingerprint density at radius 2 is 1.90 bits per heavy atom. The molecule has 0 radical (unpaired) electrons. The number of nitrogens with zero attached hydrogens (tertiary/aromatic N) is 2. The van der Waals surface area contributed by atoms with Gasteiger partial charge in [-0.15, -0.1) is 11.6 Å². The number of rotatable bonds is 5. The van der Waals surface area contributed by atoms with E-state index in [2.05, 4.69) is 20.9 Å². The quantitative estimate of drug-likeness (QED) is 0.481. The molecular formula is C16H14BrClN2O. The normalized spacial score (nSPS) is 11.0. The minimum absolute atomic E-state index is 0.620. The fourth-order valence-electron chi connectivity index (χ4n) is 2.07. The summed E-state index contributed by atoms with van der Waals surface area (Å²) >= 11 is 9.09. The first-order valence-electron chi connectivity index (χ1n) is 6.70. The second-order valence-electron chi connectivity index (χ2n) is 4.65. The Morgan fingerprint density at radius 1 is 1.10 bits per heavy atom. The fourth-order valence-corrected chi connectivity index (χ4v) is 2.53. The van der Waals surface area contributed by atoms with E-state index in [1.807, 2.05) is 53.2 Å². The zero-order chi connectivity index (χ0) is 14.7. The highest BCUT2D eigenvalue weighted by molar-refractivity contribution is 9.10. The Balaban J connectivity index is 1.81. The summed E-state index contributed by atoms with van der Waals surface area (Å²) in [4.78, 5) is 4.61. The van der Waals surface area contributed by atoms with E-state index in [-0.39, 0.29) is 0 Å². The van der Waals surface area contributed by atoms with Crippen LogP contribution >= 0.6 is 27.5 Å². The van der Waals surface area contributed by atoms with E-state index >= 15 is 0 Å². The number of alkyl halides is 1. The average Bonchev–Trinajstić information content (AvgIpc) is 2.91. The molecule has 0 N–H and O–H groups in total. The van der Waals surface area contributed by atoms with Crippen molar-refractivity contribution in [2.24, 2.45) is 0 Å². The van der Waals surface area contributed by atoms with Gasteiger partial charge in [-0.25, -0.2) is 4.98 Å². The van der Waals surface area contributed by atoms with E-state index in [0.29, 0.717) is 12.5 Å². The molecule has 2 heterocycles. The highest BCUT2D eigenvalue weighted by Gasteiger charge is 2.05. The number of aromatic nitrogens is 2. The summed E-state index contributed by atoms with van der Waals surface area (Å²) in [6.07, 6.45) is 4.86. The molecule has 3 aromatic rings. The van der Waals surface area contributed by atoms with Crippen molar-refractivity contribution in [2.75, 3.05) is 12.5 Å². The van der Waals surface area contributed by atoms with Crippen LogP contribution in [0.15, 0.2) is 53.3 Å². The molecule has 0 aliphatic rings. The molecule has 0 saturated heterocycles. The largest absolute Gasteiger partial charge is 0.494 e. The summed E-state index contributed by atoms with van der Waals surface area (Å²) in [7, 11) is 0. The number of pyridine rings is 1. The van der Waals surface area contributed by atoms with E-state index in [0.717, 1.165) is 33.5 Å². The third-order valence-corrected chi connectivity index (χ3v) is 3.85. The van der Waals surface area contributed by atoms with Crippen LogP contribution in [0.25, 0.3) is 16.9 Å². The molecule has 108 valence electrons. The molecule has 0 amide bonds. The molecule has 0 fully saturated rings. The smallest absolute Gasteiger partial charge is 0.137 e.